The van der Waals surface area contributed by atoms with Gasteiger partial charge in [-0.25, -0.2) is 4.68 Å². The van der Waals surface area contributed by atoms with Gasteiger partial charge in [-0.15, -0.1) is 0 Å². The highest BCUT2D eigenvalue weighted by Crippen LogP contribution is 2.24. The van der Waals surface area contributed by atoms with Gasteiger partial charge in [0, 0.05) is 23.9 Å². The zero-order valence-electron chi connectivity index (χ0n) is 17.5. The normalized spacial score (nSPS) is 11.8. The highest BCUT2D eigenvalue weighted by Gasteiger charge is 2.22. The second-order valence-electron chi connectivity index (χ2n) is 7.23. The lowest BCUT2D eigenvalue weighted by Crippen LogP contribution is -2.32. The summed E-state index contributed by atoms with van der Waals surface area (Å²) in [6.45, 7) is 2.09. The molecule has 0 fully saturated rings. The number of para-hydroxylation sites is 1. The number of nitro groups is 1. The molecular weight excluding hydrogens is 408 g/mol. The molecule has 0 saturated carbocycles. The molecule has 162 valence electrons. The van der Waals surface area contributed by atoms with E-state index in [0.717, 1.165) is 28.7 Å². The van der Waals surface area contributed by atoms with Crippen molar-refractivity contribution in [2.75, 3.05) is 0 Å². The third kappa shape index (κ3) is 4.41. The standard InChI is InChI=1S/C23H22N6O3/c1-2-21(28-16-20(14-25-28)29(31)32)23(30)24-13-18-15-27(19-11-7-4-8-12-19)26-22(18)17-9-5-3-6-10-17/h3-12,14-16,21H,2,13H2,1H3,(H,24,30). The molecule has 0 aliphatic rings. The van der Waals surface area contributed by atoms with Gasteiger partial charge in [-0.2, -0.15) is 10.2 Å². The fourth-order valence-electron chi connectivity index (χ4n) is 3.48. The number of hydrogen-bond acceptors (Lipinski definition) is 5. The molecule has 1 unspecified atom stereocenters. The van der Waals surface area contributed by atoms with Crippen LogP contribution in [0.4, 0.5) is 5.69 Å². The van der Waals surface area contributed by atoms with E-state index in [1.54, 1.807) is 4.68 Å². The predicted molar refractivity (Wildman–Crippen MR) is 119 cm³/mol. The van der Waals surface area contributed by atoms with Gasteiger partial charge in [-0.1, -0.05) is 55.5 Å². The zero-order chi connectivity index (χ0) is 22.5. The number of amides is 1. The molecule has 2 aromatic heterocycles. The molecule has 1 amide bonds. The van der Waals surface area contributed by atoms with Gasteiger partial charge in [-0.05, 0) is 18.6 Å². The Morgan fingerprint density at radius 1 is 1.09 bits per heavy atom. The molecule has 0 aliphatic carbocycles. The molecule has 0 aliphatic heterocycles. The lowest BCUT2D eigenvalue weighted by molar-refractivity contribution is -0.385. The van der Waals surface area contributed by atoms with Crippen molar-refractivity contribution in [3.8, 4) is 16.9 Å². The molecular formula is C23H22N6O3. The average Bonchev–Trinajstić information content (AvgIpc) is 3.47. The first-order valence-corrected chi connectivity index (χ1v) is 10.2. The molecule has 9 heteroatoms. The first-order valence-electron chi connectivity index (χ1n) is 10.2. The summed E-state index contributed by atoms with van der Waals surface area (Å²) in [5.74, 6) is -0.267. The number of carbonyl (C=O) groups excluding carboxylic acids is 1. The number of nitrogens with one attached hydrogen (secondary N) is 1. The number of aromatic nitrogens is 4. The van der Waals surface area contributed by atoms with Crippen LogP contribution in [-0.4, -0.2) is 30.4 Å². The van der Waals surface area contributed by atoms with Gasteiger partial charge in [0.2, 0.25) is 5.91 Å². The topological polar surface area (TPSA) is 108 Å². The molecule has 9 nitrogen and oxygen atoms in total. The molecule has 1 atom stereocenters. The van der Waals surface area contributed by atoms with Crippen molar-refractivity contribution in [3.05, 3.63) is 94.9 Å². The predicted octanol–water partition coefficient (Wildman–Crippen LogP) is 3.91. The van der Waals surface area contributed by atoms with E-state index in [2.05, 4.69) is 10.4 Å². The summed E-state index contributed by atoms with van der Waals surface area (Å²) in [4.78, 5) is 23.3. The average molecular weight is 430 g/mol. The van der Waals surface area contributed by atoms with Gasteiger partial charge < -0.3 is 5.32 Å². The number of carbonyl (C=O) groups is 1. The van der Waals surface area contributed by atoms with Crippen LogP contribution in [0.3, 0.4) is 0 Å². The summed E-state index contributed by atoms with van der Waals surface area (Å²) in [5.41, 5.74) is 3.35. The molecule has 2 heterocycles. The van der Waals surface area contributed by atoms with Crippen LogP contribution in [0.2, 0.25) is 0 Å². The van der Waals surface area contributed by atoms with Gasteiger partial charge in [0.25, 0.3) is 0 Å². The van der Waals surface area contributed by atoms with E-state index < -0.39 is 11.0 Å². The molecule has 2 aromatic carbocycles. The Labute approximate surface area is 184 Å². The minimum Gasteiger partial charge on any atom is -0.350 e. The second-order valence-corrected chi connectivity index (χ2v) is 7.23. The van der Waals surface area contributed by atoms with Crippen LogP contribution in [0.25, 0.3) is 16.9 Å². The number of rotatable bonds is 8. The summed E-state index contributed by atoms with van der Waals surface area (Å²) in [5, 5.41) is 22.6. The van der Waals surface area contributed by atoms with Crippen molar-refractivity contribution in [1.29, 1.82) is 0 Å². The van der Waals surface area contributed by atoms with Crippen LogP contribution < -0.4 is 5.32 Å². The first kappa shape index (κ1) is 21.0. The fourth-order valence-corrected chi connectivity index (χ4v) is 3.48. The summed E-state index contributed by atoms with van der Waals surface area (Å²) >= 11 is 0. The Morgan fingerprint density at radius 3 is 2.41 bits per heavy atom. The van der Waals surface area contributed by atoms with Gasteiger partial charge in [0.05, 0.1) is 16.3 Å². The highest BCUT2D eigenvalue weighted by molar-refractivity contribution is 5.80. The zero-order valence-corrected chi connectivity index (χ0v) is 17.5. The number of hydrogen-bond donors (Lipinski definition) is 1. The fraction of sp³-hybridized carbons (Fsp3) is 0.174. The molecule has 32 heavy (non-hydrogen) atoms. The summed E-state index contributed by atoms with van der Waals surface area (Å²) in [6.07, 6.45) is 4.76. The van der Waals surface area contributed by atoms with E-state index in [1.165, 1.54) is 10.9 Å². The minimum atomic E-state index is -0.645. The van der Waals surface area contributed by atoms with Crippen molar-refractivity contribution >= 4 is 11.6 Å². The van der Waals surface area contributed by atoms with Crippen LogP contribution in [0.1, 0.15) is 24.9 Å². The van der Waals surface area contributed by atoms with E-state index in [9.17, 15) is 14.9 Å². The number of nitrogens with zero attached hydrogens (tertiary/aromatic N) is 5. The van der Waals surface area contributed by atoms with E-state index in [0.29, 0.717) is 6.42 Å². The van der Waals surface area contributed by atoms with Crippen LogP contribution in [-0.2, 0) is 11.3 Å². The first-order chi connectivity index (χ1) is 15.6. The Hall–Kier alpha value is -4.27. The van der Waals surface area contributed by atoms with E-state index in [4.69, 9.17) is 5.10 Å². The van der Waals surface area contributed by atoms with Crippen molar-refractivity contribution in [2.45, 2.75) is 25.9 Å². The van der Waals surface area contributed by atoms with Gasteiger partial charge in [0.15, 0.2) is 0 Å². The van der Waals surface area contributed by atoms with Crippen LogP contribution >= 0.6 is 0 Å². The second kappa shape index (κ2) is 9.25. The Morgan fingerprint density at radius 2 is 1.78 bits per heavy atom. The van der Waals surface area contributed by atoms with Crippen molar-refractivity contribution in [2.24, 2.45) is 0 Å². The highest BCUT2D eigenvalue weighted by atomic mass is 16.6. The maximum Gasteiger partial charge on any atom is 0.307 e. The lowest BCUT2D eigenvalue weighted by atomic mass is 10.1. The quantitative estimate of drug-likeness (QED) is 0.337. The van der Waals surface area contributed by atoms with Crippen LogP contribution in [0.15, 0.2) is 79.3 Å². The Balaban J connectivity index is 1.58. The summed E-state index contributed by atoms with van der Waals surface area (Å²) in [7, 11) is 0. The minimum absolute atomic E-state index is 0.147. The molecule has 0 bridgehead atoms. The molecule has 0 spiro atoms. The third-order valence-corrected chi connectivity index (χ3v) is 5.12. The monoisotopic (exact) mass is 430 g/mol. The van der Waals surface area contributed by atoms with E-state index in [1.807, 2.05) is 73.8 Å². The molecule has 0 radical (unpaired) electrons. The molecule has 1 N–H and O–H groups in total. The van der Waals surface area contributed by atoms with Crippen molar-refractivity contribution < 1.29 is 9.72 Å². The SMILES string of the molecule is CCC(C(=O)NCc1cn(-c2ccccc2)nc1-c1ccccc1)n1cc([N+](=O)[O-])cn1. The Kier molecular flexibility index (Phi) is 6.07. The molecule has 4 aromatic rings. The third-order valence-electron chi connectivity index (χ3n) is 5.12. The van der Waals surface area contributed by atoms with Gasteiger partial charge >= 0.3 is 5.69 Å². The maximum atomic E-state index is 12.9. The number of benzene rings is 2. The maximum absolute atomic E-state index is 12.9. The largest absolute Gasteiger partial charge is 0.350 e. The summed E-state index contributed by atoms with van der Waals surface area (Å²) in [6, 6.07) is 18.9. The molecule has 0 saturated heterocycles. The van der Waals surface area contributed by atoms with Crippen LogP contribution in [0, 0.1) is 10.1 Å². The molecule has 4 rings (SSSR count). The van der Waals surface area contributed by atoms with Crippen molar-refractivity contribution in [1.82, 2.24) is 24.9 Å². The van der Waals surface area contributed by atoms with Gasteiger partial charge in [0.1, 0.15) is 18.4 Å². The smallest absolute Gasteiger partial charge is 0.307 e. The summed E-state index contributed by atoms with van der Waals surface area (Å²) < 4.78 is 3.12. The van der Waals surface area contributed by atoms with Gasteiger partial charge in [-0.3, -0.25) is 19.6 Å². The van der Waals surface area contributed by atoms with Crippen LogP contribution in [0.5, 0.6) is 0 Å². The van der Waals surface area contributed by atoms with E-state index in [-0.39, 0.29) is 18.1 Å². The van der Waals surface area contributed by atoms with E-state index >= 15 is 0 Å². The Bertz CT molecular complexity index is 1220. The van der Waals surface area contributed by atoms with Crippen molar-refractivity contribution in [3.63, 3.8) is 0 Å². The lowest BCUT2D eigenvalue weighted by Gasteiger charge is -2.15.